The average molecular weight is 267 g/mol. The normalized spacial score (nSPS) is 14.5. The summed E-state index contributed by atoms with van der Waals surface area (Å²) in [5, 5.41) is 10.4. The van der Waals surface area contributed by atoms with Crippen LogP contribution in [0.3, 0.4) is 0 Å². The number of methoxy groups -OCH3 is 2. The van der Waals surface area contributed by atoms with Gasteiger partial charge >= 0.3 is 0 Å². The van der Waals surface area contributed by atoms with E-state index >= 15 is 0 Å². The van der Waals surface area contributed by atoms with Crippen molar-refractivity contribution in [2.75, 3.05) is 34.4 Å². The molecule has 4 nitrogen and oxygen atoms in total. The summed E-state index contributed by atoms with van der Waals surface area (Å²) >= 11 is 0. The number of likely N-dealkylation sites (N-methyl/N-ethyl adjacent to an activating group) is 1. The monoisotopic (exact) mass is 267 g/mol. The Balaban J connectivity index is 2.77. The van der Waals surface area contributed by atoms with Gasteiger partial charge in [0, 0.05) is 25.3 Å². The van der Waals surface area contributed by atoms with Gasteiger partial charge < -0.3 is 14.6 Å². The quantitative estimate of drug-likeness (QED) is 0.820. The first-order chi connectivity index (χ1) is 8.99. The van der Waals surface area contributed by atoms with Crippen molar-refractivity contribution in [2.24, 2.45) is 0 Å². The van der Waals surface area contributed by atoms with Crippen LogP contribution in [0.1, 0.15) is 24.2 Å². The maximum atomic E-state index is 10.4. The third-order valence-corrected chi connectivity index (χ3v) is 3.37. The van der Waals surface area contributed by atoms with Crippen molar-refractivity contribution in [3.8, 4) is 5.75 Å². The molecule has 0 fully saturated rings. The van der Waals surface area contributed by atoms with E-state index in [1.165, 1.54) is 0 Å². The average Bonchev–Trinajstić information content (AvgIpc) is 2.38. The van der Waals surface area contributed by atoms with Crippen molar-refractivity contribution >= 4 is 0 Å². The first kappa shape index (κ1) is 16.0. The van der Waals surface area contributed by atoms with Gasteiger partial charge in [-0.2, -0.15) is 0 Å². The molecule has 19 heavy (non-hydrogen) atoms. The van der Waals surface area contributed by atoms with Crippen LogP contribution in [0.5, 0.6) is 5.75 Å². The van der Waals surface area contributed by atoms with E-state index in [9.17, 15) is 5.11 Å². The largest absolute Gasteiger partial charge is 0.496 e. The third kappa shape index (κ3) is 4.49. The molecule has 2 atom stereocenters. The summed E-state index contributed by atoms with van der Waals surface area (Å²) in [6.07, 6.45) is -0.570. The number of hydrogen-bond donors (Lipinski definition) is 1. The van der Waals surface area contributed by atoms with E-state index in [1.807, 2.05) is 32.2 Å². The van der Waals surface area contributed by atoms with Crippen molar-refractivity contribution in [2.45, 2.75) is 26.0 Å². The minimum atomic E-state index is -0.570. The molecule has 0 aliphatic rings. The predicted molar refractivity (Wildman–Crippen MR) is 76.7 cm³/mol. The molecule has 0 saturated heterocycles. The fraction of sp³-hybridized carbons (Fsp3) is 0.600. The summed E-state index contributed by atoms with van der Waals surface area (Å²) in [7, 11) is 5.29. The van der Waals surface area contributed by atoms with Crippen LogP contribution in [0, 0.1) is 6.92 Å². The zero-order chi connectivity index (χ0) is 14.4. The topological polar surface area (TPSA) is 41.9 Å². The van der Waals surface area contributed by atoms with E-state index in [4.69, 9.17) is 9.47 Å². The Morgan fingerprint density at radius 1 is 1.32 bits per heavy atom. The van der Waals surface area contributed by atoms with Crippen molar-refractivity contribution in [1.82, 2.24) is 4.90 Å². The van der Waals surface area contributed by atoms with Gasteiger partial charge in [0.25, 0.3) is 0 Å². The highest BCUT2D eigenvalue weighted by Gasteiger charge is 2.18. The van der Waals surface area contributed by atoms with E-state index in [1.54, 1.807) is 14.2 Å². The molecule has 0 aliphatic heterocycles. The second kappa shape index (κ2) is 7.48. The van der Waals surface area contributed by atoms with Crippen molar-refractivity contribution < 1.29 is 14.6 Å². The zero-order valence-electron chi connectivity index (χ0n) is 12.5. The van der Waals surface area contributed by atoms with E-state index in [0.717, 1.165) is 16.9 Å². The lowest BCUT2D eigenvalue weighted by Crippen LogP contribution is -2.35. The summed E-state index contributed by atoms with van der Waals surface area (Å²) in [5.41, 5.74) is 1.95. The fourth-order valence-corrected chi connectivity index (χ4v) is 2.03. The smallest absolute Gasteiger partial charge is 0.124 e. The first-order valence-corrected chi connectivity index (χ1v) is 6.51. The lowest BCUT2D eigenvalue weighted by Gasteiger charge is -2.27. The minimum Gasteiger partial charge on any atom is -0.496 e. The molecule has 0 heterocycles. The Morgan fingerprint density at radius 2 is 2.00 bits per heavy atom. The molecule has 2 unspecified atom stereocenters. The van der Waals surface area contributed by atoms with Gasteiger partial charge in [-0.25, -0.2) is 0 Å². The number of aliphatic hydroxyl groups is 1. The van der Waals surface area contributed by atoms with Crippen LogP contribution >= 0.6 is 0 Å². The highest BCUT2D eigenvalue weighted by molar-refractivity contribution is 5.38. The molecule has 0 saturated carbocycles. The van der Waals surface area contributed by atoms with Crippen molar-refractivity contribution in [1.29, 1.82) is 0 Å². The van der Waals surface area contributed by atoms with E-state index < -0.39 is 6.10 Å². The second-order valence-corrected chi connectivity index (χ2v) is 5.01. The van der Waals surface area contributed by atoms with Gasteiger partial charge in [0.2, 0.25) is 0 Å². The van der Waals surface area contributed by atoms with Crippen LogP contribution in [-0.2, 0) is 4.74 Å². The molecular formula is C15H25NO3. The van der Waals surface area contributed by atoms with Gasteiger partial charge in [0.05, 0.1) is 19.8 Å². The van der Waals surface area contributed by atoms with Crippen LogP contribution in [0.25, 0.3) is 0 Å². The van der Waals surface area contributed by atoms with Gasteiger partial charge in [-0.1, -0.05) is 11.6 Å². The summed E-state index contributed by atoms with van der Waals surface area (Å²) in [6.45, 7) is 5.27. The number of aryl methyl sites for hydroxylation is 1. The highest BCUT2D eigenvalue weighted by Crippen LogP contribution is 2.27. The Bertz CT molecular complexity index is 395. The molecular weight excluding hydrogens is 242 g/mol. The Labute approximate surface area is 115 Å². The molecule has 108 valence electrons. The minimum absolute atomic E-state index is 0.260. The Hall–Kier alpha value is -1.10. The summed E-state index contributed by atoms with van der Waals surface area (Å²) < 4.78 is 10.4. The molecule has 0 aromatic heterocycles. The van der Waals surface area contributed by atoms with Gasteiger partial charge in [-0.05, 0) is 33.0 Å². The molecule has 0 bridgehead atoms. The maximum Gasteiger partial charge on any atom is 0.124 e. The molecule has 4 heteroatoms. The van der Waals surface area contributed by atoms with Crippen LogP contribution in [0.2, 0.25) is 0 Å². The van der Waals surface area contributed by atoms with Gasteiger partial charge in [0.15, 0.2) is 0 Å². The maximum absolute atomic E-state index is 10.4. The summed E-state index contributed by atoms with van der Waals surface area (Å²) in [6, 6.07) is 6.10. The van der Waals surface area contributed by atoms with Crippen LogP contribution < -0.4 is 4.74 Å². The van der Waals surface area contributed by atoms with E-state index in [0.29, 0.717) is 13.2 Å². The molecule has 1 aromatic carbocycles. The zero-order valence-corrected chi connectivity index (χ0v) is 12.5. The number of aliphatic hydroxyl groups excluding tert-OH is 1. The van der Waals surface area contributed by atoms with Crippen LogP contribution in [-0.4, -0.2) is 50.5 Å². The Morgan fingerprint density at radius 3 is 2.58 bits per heavy atom. The number of rotatable bonds is 7. The lowest BCUT2D eigenvalue weighted by molar-refractivity contribution is 0.0698. The molecule has 0 spiro atoms. The van der Waals surface area contributed by atoms with Crippen LogP contribution in [0.4, 0.5) is 0 Å². The van der Waals surface area contributed by atoms with Crippen molar-refractivity contribution in [3.05, 3.63) is 29.3 Å². The molecule has 0 aliphatic carbocycles. The summed E-state index contributed by atoms with van der Waals surface area (Å²) in [5.74, 6) is 0.728. The lowest BCUT2D eigenvalue weighted by atomic mass is 10.0. The fourth-order valence-electron chi connectivity index (χ4n) is 2.03. The molecule has 1 rings (SSSR count). The SMILES string of the molecule is COCC(C)N(C)CC(O)c1cc(C)ccc1OC. The highest BCUT2D eigenvalue weighted by atomic mass is 16.5. The number of benzene rings is 1. The first-order valence-electron chi connectivity index (χ1n) is 6.51. The van der Waals surface area contributed by atoms with Gasteiger partial charge in [-0.3, -0.25) is 4.90 Å². The second-order valence-electron chi connectivity index (χ2n) is 5.01. The third-order valence-electron chi connectivity index (χ3n) is 3.37. The standard InChI is InChI=1S/C15H25NO3/c1-11-6-7-15(19-5)13(8-11)14(17)9-16(3)12(2)10-18-4/h6-8,12,14,17H,9-10H2,1-5H3. The van der Waals surface area contributed by atoms with Crippen LogP contribution in [0.15, 0.2) is 18.2 Å². The molecule has 0 amide bonds. The molecule has 1 N–H and O–H groups in total. The van der Waals surface area contributed by atoms with Gasteiger partial charge in [-0.15, -0.1) is 0 Å². The summed E-state index contributed by atoms with van der Waals surface area (Å²) in [4.78, 5) is 2.08. The molecule has 0 radical (unpaired) electrons. The number of ether oxygens (including phenoxy) is 2. The number of nitrogens with zero attached hydrogens (tertiary/aromatic N) is 1. The van der Waals surface area contributed by atoms with Crippen molar-refractivity contribution in [3.63, 3.8) is 0 Å². The molecule has 1 aromatic rings. The van der Waals surface area contributed by atoms with Gasteiger partial charge in [0.1, 0.15) is 5.75 Å². The predicted octanol–water partition coefficient (Wildman–Crippen LogP) is 2.00. The number of hydrogen-bond acceptors (Lipinski definition) is 4. The van der Waals surface area contributed by atoms with E-state index in [2.05, 4.69) is 11.8 Å². The van der Waals surface area contributed by atoms with E-state index in [-0.39, 0.29) is 6.04 Å². The Kier molecular flexibility index (Phi) is 6.28.